The Hall–Kier alpha value is -3.59. The molecule has 0 aromatic heterocycles. The molecule has 0 unspecified atom stereocenters. The van der Waals surface area contributed by atoms with Gasteiger partial charge >= 0.3 is 6.09 Å². The van der Waals surface area contributed by atoms with Crippen LogP contribution < -0.4 is 21.1 Å². The lowest BCUT2D eigenvalue weighted by Crippen LogP contribution is -2.53. The summed E-state index contributed by atoms with van der Waals surface area (Å²) in [6, 6.07) is 15.1. The van der Waals surface area contributed by atoms with Gasteiger partial charge in [-0.15, -0.1) is 0 Å². The summed E-state index contributed by atoms with van der Waals surface area (Å²) in [6.45, 7) is 4.78. The van der Waals surface area contributed by atoms with Crippen molar-refractivity contribution in [1.29, 1.82) is 0 Å². The topological polar surface area (TPSA) is 129 Å². The molecule has 4 N–H and O–H groups in total. The van der Waals surface area contributed by atoms with Crippen molar-refractivity contribution in [2.24, 2.45) is 11.7 Å². The van der Waals surface area contributed by atoms with Gasteiger partial charge in [0.1, 0.15) is 24.4 Å². The summed E-state index contributed by atoms with van der Waals surface area (Å²) in [6.07, 6.45) is 0.505. The van der Waals surface area contributed by atoms with E-state index in [0.717, 1.165) is 11.1 Å². The monoisotopic (exact) mass is 499 g/mol. The number of primary amides is 1. The van der Waals surface area contributed by atoms with E-state index in [-0.39, 0.29) is 12.5 Å². The van der Waals surface area contributed by atoms with Gasteiger partial charge in [-0.1, -0.05) is 56.3 Å². The first kappa shape index (κ1) is 28.6. The van der Waals surface area contributed by atoms with E-state index in [9.17, 15) is 14.4 Å². The molecule has 0 aliphatic rings. The molecule has 0 heterocycles. The zero-order valence-corrected chi connectivity index (χ0v) is 21.2. The maximum absolute atomic E-state index is 12.9. The van der Waals surface area contributed by atoms with Crippen LogP contribution in [0.25, 0.3) is 0 Å². The molecule has 0 fully saturated rings. The van der Waals surface area contributed by atoms with Crippen LogP contribution in [-0.4, -0.2) is 43.7 Å². The van der Waals surface area contributed by atoms with Gasteiger partial charge in [0.05, 0.1) is 13.7 Å². The number of hydrogen-bond donors (Lipinski definition) is 3. The highest BCUT2D eigenvalue weighted by molar-refractivity contribution is 5.90. The number of carbonyl (C=O) groups excluding carboxylic acids is 3. The van der Waals surface area contributed by atoms with Crippen molar-refractivity contribution < 1.29 is 28.6 Å². The van der Waals surface area contributed by atoms with Gasteiger partial charge in [0, 0.05) is 6.61 Å². The van der Waals surface area contributed by atoms with Gasteiger partial charge in [-0.25, -0.2) is 4.79 Å². The second-order valence-electron chi connectivity index (χ2n) is 8.89. The Morgan fingerprint density at radius 2 is 1.56 bits per heavy atom. The summed E-state index contributed by atoms with van der Waals surface area (Å²) in [5.41, 5.74) is 7.34. The fourth-order valence-corrected chi connectivity index (χ4v) is 3.47. The van der Waals surface area contributed by atoms with Crippen molar-refractivity contribution in [1.82, 2.24) is 10.6 Å². The van der Waals surface area contributed by atoms with E-state index in [1.54, 1.807) is 31.4 Å². The maximum Gasteiger partial charge on any atom is 0.408 e. The van der Waals surface area contributed by atoms with Crippen LogP contribution in [-0.2, 0) is 32.3 Å². The smallest absolute Gasteiger partial charge is 0.408 e. The van der Waals surface area contributed by atoms with Gasteiger partial charge in [-0.05, 0) is 48.4 Å². The third-order valence-corrected chi connectivity index (χ3v) is 5.40. The van der Waals surface area contributed by atoms with E-state index in [4.69, 9.17) is 19.9 Å². The Balaban J connectivity index is 1.83. The fraction of sp³-hybridized carbons (Fsp3) is 0.444. The Bertz CT molecular complexity index is 950. The standard InChI is InChI=1S/C27H37N3O6/c1-19(2)16-24(30-27(33)36-18-21-11-13-22(34-3)14-12-21)26(32)29-23(25(28)31)10-7-15-35-17-20-8-5-4-6-9-20/h4-6,8-9,11-14,19,23-24H,7,10,15-18H2,1-3H3,(H2,28,31)(H,29,32)(H,30,33)/t23-,24-/m0/s1. The molecule has 9 nitrogen and oxygen atoms in total. The zero-order valence-electron chi connectivity index (χ0n) is 21.2. The van der Waals surface area contributed by atoms with E-state index in [1.807, 2.05) is 44.2 Å². The summed E-state index contributed by atoms with van der Waals surface area (Å²) in [5, 5.41) is 5.27. The van der Waals surface area contributed by atoms with Gasteiger partial charge in [0.25, 0.3) is 0 Å². The average molecular weight is 500 g/mol. The van der Waals surface area contributed by atoms with Gasteiger partial charge in [-0.3, -0.25) is 9.59 Å². The number of nitrogens with two attached hydrogens (primary N) is 1. The molecule has 2 aromatic carbocycles. The van der Waals surface area contributed by atoms with Crippen molar-refractivity contribution in [3.63, 3.8) is 0 Å². The molecule has 3 amide bonds. The second-order valence-corrected chi connectivity index (χ2v) is 8.89. The first-order chi connectivity index (χ1) is 17.3. The molecule has 196 valence electrons. The van der Waals surface area contributed by atoms with E-state index in [2.05, 4.69) is 10.6 Å². The highest BCUT2D eigenvalue weighted by Crippen LogP contribution is 2.12. The molecule has 2 aromatic rings. The first-order valence-electron chi connectivity index (χ1n) is 12.1. The number of hydrogen-bond acceptors (Lipinski definition) is 6. The molecule has 2 atom stereocenters. The first-order valence-corrected chi connectivity index (χ1v) is 12.1. The van der Waals surface area contributed by atoms with E-state index in [1.165, 1.54) is 0 Å². The Morgan fingerprint density at radius 3 is 2.17 bits per heavy atom. The largest absolute Gasteiger partial charge is 0.497 e. The normalized spacial score (nSPS) is 12.4. The summed E-state index contributed by atoms with van der Waals surface area (Å²) in [5.74, 6) is -0.319. The zero-order chi connectivity index (χ0) is 26.3. The summed E-state index contributed by atoms with van der Waals surface area (Å²) in [4.78, 5) is 37.2. The maximum atomic E-state index is 12.9. The number of nitrogens with one attached hydrogen (secondary N) is 2. The number of amides is 3. The van der Waals surface area contributed by atoms with Crippen LogP contribution in [0.5, 0.6) is 5.75 Å². The van der Waals surface area contributed by atoms with Crippen LogP contribution >= 0.6 is 0 Å². The minimum atomic E-state index is -0.871. The highest BCUT2D eigenvalue weighted by atomic mass is 16.5. The third-order valence-electron chi connectivity index (χ3n) is 5.40. The van der Waals surface area contributed by atoms with Crippen LogP contribution in [0.1, 0.15) is 44.2 Å². The SMILES string of the molecule is COc1ccc(COC(=O)N[C@@H](CC(C)C)C(=O)N[C@@H](CCCOCc2ccccc2)C(N)=O)cc1. The lowest BCUT2D eigenvalue weighted by molar-refractivity contribution is -0.129. The van der Waals surface area contributed by atoms with E-state index in [0.29, 0.717) is 38.2 Å². The van der Waals surface area contributed by atoms with Crippen molar-refractivity contribution >= 4 is 17.9 Å². The number of methoxy groups -OCH3 is 1. The minimum absolute atomic E-state index is 0.0404. The van der Waals surface area contributed by atoms with Crippen molar-refractivity contribution in [3.8, 4) is 5.75 Å². The van der Waals surface area contributed by atoms with Crippen LogP contribution in [0, 0.1) is 5.92 Å². The van der Waals surface area contributed by atoms with Crippen LogP contribution in [0.2, 0.25) is 0 Å². The molecule has 36 heavy (non-hydrogen) atoms. The summed E-state index contributed by atoms with van der Waals surface area (Å²) >= 11 is 0. The van der Waals surface area contributed by atoms with Crippen molar-refractivity contribution in [3.05, 3.63) is 65.7 Å². The molecule has 0 aliphatic carbocycles. The Morgan fingerprint density at radius 1 is 0.889 bits per heavy atom. The van der Waals surface area contributed by atoms with Crippen LogP contribution in [0.3, 0.4) is 0 Å². The fourth-order valence-electron chi connectivity index (χ4n) is 3.47. The molecule has 0 radical (unpaired) electrons. The number of ether oxygens (including phenoxy) is 3. The lowest BCUT2D eigenvalue weighted by atomic mass is 10.0. The molecule has 0 saturated carbocycles. The molecule has 0 spiro atoms. The molecule has 0 saturated heterocycles. The second kappa shape index (κ2) is 15.4. The van der Waals surface area contributed by atoms with Gasteiger partial charge in [0.15, 0.2) is 0 Å². The van der Waals surface area contributed by atoms with Crippen molar-refractivity contribution in [2.45, 2.75) is 58.4 Å². The molecule has 2 rings (SSSR count). The van der Waals surface area contributed by atoms with Crippen molar-refractivity contribution in [2.75, 3.05) is 13.7 Å². The van der Waals surface area contributed by atoms with Gasteiger partial charge in [-0.2, -0.15) is 0 Å². The quantitative estimate of drug-likeness (QED) is 0.323. The Labute approximate surface area is 212 Å². The number of carbonyl (C=O) groups is 3. The third kappa shape index (κ3) is 10.8. The number of rotatable bonds is 15. The molecule has 9 heteroatoms. The lowest BCUT2D eigenvalue weighted by Gasteiger charge is -2.23. The average Bonchev–Trinajstić information content (AvgIpc) is 2.86. The van der Waals surface area contributed by atoms with E-state index < -0.39 is 30.0 Å². The molecular weight excluding hydrogens is 462 g/mol. The highest BCUT2D eigenvalue weighted by Gasteiger charge is 2.26. The predicted octanol–water partition coefficient (Wildman–Crippen LogP) is 3.30. The number of benzene rings is 2. The van der Waals surface area contributed by atoms with Gasteiger partial charge < -0.3 is 30.6 Å². The minimum Gasteiger partial charge on any atom is -0.497 e. The van der Waals surface area contributed by atoms with Gasteiger partial charge in [0.2, 0.25) is 11.8 Å². The Kier molecular flexibility index (Phi) is 12.3. The molecule has 0 bridgehead atoms. The molecular formula is C27H37N3O6. The predicted molar refractivity (Wildman–Crippen MR) is 136 cm³/mol. The molecule has 0 aliphatic heterocycles. The van der Waals surface area contributed by atoms with E-state index >= 15 is 0 Å². The summed E-state index contributed by atoms with van der Waals surface area (Å²) < 4.78 is 16.0. The van der Waals surface area contributed by atoms with Crippen LogP contribution in [0.15, 0.2) is 54.6 Å². The summed E-state index contributed by atoms with van der Waals surface area (Å²) in [7, 11) is 1.57. The van der Waals surface area contributed by atoms with Crippen LogP contribution in [0.4, 0.5) is 4.79 Å². The number of alkyl carbamates (subject to hydrolysis) is 1.